The van der Waals surface area contributed by atoms with E-state index in [1.807, 2.05) is 60.8 Å². The van der Waals surface area contributed by atoms with Gasteiger partial charge in [-0.3, -0.25) is 0 Å². The monoisotopic (exact) mass is 593 g/mol. The van der Waals surface area contributed by atoms with Gasteiger partial charge in [-0.05, 0) is 55.3 Å². The van der Waals surface area contributed by atoms with Crippen LogP contribution in [0.15, 0.2) is 94.4 Å². The molecule has 1 fully saturated rings. The Morgan fingerprint density at radius 3 is 2.32 bits per heavy atom. The molecule has 2 heterocycles. The molecule has 0 spiro atoms. The Labute approximate surface area is 231 Å². The van der Waals surface area contributed by atoms with Gasteiger partial charge >= 0.3 is 5.97 Å². The van der Waals surface area contributed by atoms with Crippen LogP contribution in [0.5, 0.6) is 0 Å². The van der Waals surface area contributed by atoms with E-state index in [2.05, 4.69) is 15.9 Å². The van der Waals surface area contributed by atoms with Crippen LogP contribution in [0.2, 0.25) is 0 Å². The molecule has 0 aliphatic carbocycles. The van der Waals surface area contributed by atoms with Gasteiger partial charge in [-0.25, -0.2) is 17.9 Å². The van der Waals surface area contributed by atoms with Crippen molar-refractivity contribution in [1.29, 1.82) is 0 Å². The molecule has 0 N–H and O–H groups in total. The number of hydrogen-bond donors (Lipinski definition) is 0. The van der Waals surface area contributed by atoms with Crippen molar-refractivity contribution in [3.8, 4) is 16.9 Å². The number of sulfonamides is 1. The maximum Gasteiger partial charge on any atom is 0.338 e. The smallest absolute Gasteiger partial charge is 0.338 e. The van der Waals surface area contributed by atoms with Gasteiger partial charge in [0.15, 0.2) is 0 Å². The van der Waals surface area contributed by atoms with Crippen LogP contribution in [0.4, 0.5) is 0 Å². The molecule has 4 aromatic rings. The van der Waals surface area contributed by atoms with Gasteiger partial charge in [-0.15, -0.1) is 0 Å². The lowest BCUT2D eigenvalue weighted by Gasteiger charge is -2.20. The average Bonchev–Trinajstić information content (AvgIpc) is 3.17. The number of carbonyl (C=O) groups excluding carboxylic acids is 1. The first-order valence-electron chi connectivity index (χ1n) is 12.6. The minimum Gasteiger partial charge on any atom is -0.457 e. The Kier molecular flexibility index (Phi) is 8.06. The molecule has 7 nitrogen and oxygen atoms in total. The molecule has 0 atom stereocenters. The van der Waals surface area contributed by atoms with Crippen LogP contribution >= 0.6 is 15.9 Å². The van der Waals surface area contributed by atoms with Crippen LogP contribution in [0.3, 0.4) is 0 Å². The van der Waals surface area contributed by atoms with Crippen LogP contribution in [-0.4, -0.2) is 41.6 Å². The third-order valence-corrected chi connectivity index (χ3v) is 8.98. The summed E-state index contributed by atoms with van der Waals surface area (Å²) in [7, 11) is -3.67. The summed E-state index contributed by atoms with van der Waals surface area (Å²) < 4.78 is 36.3. The maximum atomic E-state index is 13.2. The minimum atomic E-state index is -3.67. The lowest BCUT2D eigenvalue weighted by molar-refractivity contribution is 0.0473. The molecule has 196 valence electrons. The topological polar surface area (TPSA) is 81.5 Å². The van der Waals surface area contributed by atoms with E-state index in [9.17, 15) is 13.2 Å². The quantitative estimate of drug-likeness (QED) is 0.237. The lowest BCUT2D eigenvalue weighted by Crippen LogP contribution is -2.32. The fourth-order valence-corrected chi connectivity index (χ4v) is 6.35. The molecule has 5 rings (SSSR count). The number of para-hydroxylation sites is 1. The van der Waals surface area contributed by atoms with Crippen molar-refractivity contribution >= 4 is 31.9 Å². The summed E-state index contributed by atoms with van der Waals surface area (Å²) >= 11 is 3.46. The molecular weight excluding hydrogens is 566 g/mol. The van der Waals surface area contributed by atoms with Crippen LogP contribution in [0.25, 0.3) is 16.9 Å². The standard InChI is InChI=1S/C29H28BrN3O4S/c30-25-15-13-22(14-16-25)28-24(20-33(31-28)26-10-4-3-5-11-26)21-37-29(34)23-9-8-12-27(19-23)38(35,36)32-17-6-1-2-7-18-32/h3-5,8-16,19-20H,1-2,6-7,17-18,21H2. The van der Waals surface area contributed by atoms with E-state index >= 15 is 0 Å². The Morgan fingerprint density at radius 1 is 0.895 bits per heavy atom. The first kappa shape index (κ1) is 26.3. The molecule has 1 saturated heterocycles. The lowest BCUT2D eigenvalue weighted by atomic mass is 10.1. The normalized spacial score (nSPS) is 14.7. The van der Waals surface area contributed by atoms with Gasteiger partial charge in [0.2, 0.25) is 10.0 Å². The SMILES string of the molecule is O=C(OCc1cn(-c2ccccc2)nc1-c1ccc(Br)cc1)c1cccc(S(=O)(=O)N2CCCCCC2)c1. The maximum absolute atomic E-state index is 13.2. The molecule has 1 aliphatic heterocycles. The average molecular weight is 595 g/mol. The number of nitrogens with zero attached hydrogens (tertiary/aromatic N) is 3. The van der Waals surface area contributed by atoms with Gasteiger partial charge in [-0.2, -0.15) is 9.40 Å². The second-order valence-corrected chi connectivity index (χ2v) is 12.1. The summed E-state index contributed by atoms with van der Waals surface area (Å²) in [6.07, 6.45) is 5.60. The Hall–Kier alpha value is -3.27. The third-order valence-electron chi connectivity index (χ3n) is 6.56. The number of hydrogen-bond acceptors (Lipinski definition) is 5. The largest absolute Gasteiger partial charge is 0.457 e. The molecule has 38 heavy (non-hydrogen) atoms. The predicted molar refractivity (Wildman–Crippen MR) is 149 cm³/mol. The van der Waals surface area contributed by atoms with Crippen molar-refractivity contribution in [3.63, 3.8) is 0 Å². The van der Waals surface area contributed by atoms with Crippen LogP contribution in [0.1, 0.15) is 41.6 Å². The van der Waals surface area contributed by atoms with E-state index in [0.29, 0.717) is 18.8 Å². The number of carbonyl (C=O) groups is 1. The van der Waals surface area contributed by atoms with Crippen LogP contribution in [-0.2, 0) is 21.4 Å². The molecule has 0 saturated carbocycles. The molecule has 3 aromatic carbocycles. The Morgan fingerprint density at radius 2 is 1.61 bits per heavy atom. The summed E-state index contributed by atoms with van der Waals surface area (Å²) in [5, 5.41) is 4.76. The first-order valence-corrected chi connectivity index (χ1v) is 14.8. The first-order chi connectivity index (χ1) is 18.4. The van der Waals surface area contributed by atoms with Gasteiger partial charge in [0.1, 0.15) is 6.61 Å². The number of esters is 1. The summed E-state index contributed by atoms with van der Waals surface area (Å²) in [4.78, 5) is 13.1. The number of aromatic nitrogens is 2. The molecule has 9 heteroatoms. The third kappa shape index (κ3) is 5.90. The van der Waals surface area contributed by atoms with Crippen molar-refractivity contribution in [2.45, 2.75) is 37.2 Å². The highest BCUT2D eigenvalue weighted by Crippen LogP contribution is 2.27. The highest BCUT2D eigenvalue weighted by Gasteiger charge is 2.26. The zero-order valence-electron chi connectivity index (χ0n) is 20.8. The highest BCUT2D eigenvalue weighted by molar-refractivity contribution is 9.10. The van der Waals surface area contributed by atoms with E-state index in [0.717, 1.165) is 47.0 Å². The van der Waals surface area contributed by atoms with Gasteiger partial charge < -0.3 is 4.74 Å². The van der Waals surface area contributed by atoms with E-state index < -0.39 is 16.0 Å². The van der Waals surface area contributed by atoms with Crippen molar-refractivity contribution in [1.82, 2.24) is 14.1 Å². The number of benzene rings is 3. The molecular formula is C29H28BrN3O4S. The molecule has 0 unspecified atom stereocenters. The van der Waals surface area contributed by atoms with Gasteiger partial charge in [-0.1, -0.05) is 65.2 Å². The summed E-state index contributed by atoms with van der Waals surface area (Å²) in [5.41, 5.74) is 3.40. The second-order valence-electron chi connectivity index (χ2n) is 9.21. The van der Waals surface area contributed by atoms with Crippen molar-refractivity contribution in [2.75, 3.05) is 13.1 Å². The highest BCUT2D eigenvalue weighted by atomic mass is 79.9. The summed E-state index contributed by atoms with van der Waals surface area (Å²) in [6.45, 7) is 0.989. The van der Waals surface area contributed by atoms with Crippen LogP contribution in [0, 0.1) is 0 Å². The Bertz CT molecular complexity index is 1510. The van der Waals surface area contributed by atoms with Gasteiger partial charge in [0, 0.05) is 34.9 Å². The number of ether oxygens (including phenoxy) is 1. The molecule has 0 radical (unpaired) electrons. The zero-order valence-corrected chi connectivity index (χ0v) is 23.2. The van der Waals surface area contributed by atoms with Gasteiger partial charge in [0.25, 0.3) is 0 Å². The number of rotatable bonds is 7. The summed E-state index contributed by atoms with van der Waals surface area (Å²) in [6, 6.07) is 23.6. The van der Waals surface area contributed by atoms with Crippen molar-refractivity contribution in [3.05, 3.63) is 101 Å². The van der Waals surface area contributed by atoms with E-state index in [-0.39, 0.29) is 17.1 Å². The fourth-order valence-electron chi connectivity index (χ4n) is 4.52. The van der Waals surface area contributed by atoms with E-state index in [4.69, 9.17) is 9.84 Å². The molecule has 1 aliphatic rings. The molecule has 0 bridgehead atoms. The fraction of sp³-hybridized carbons (Fsp3) is 0.241. The van der Waals surface area contributed by atoms with Crippen LogP contribution < -0.4 is 0 Å². The van der Waals surface area contributed by atoms with Crippen molar-refractivity contribution in [2.24, 2.45) is 0 Å². The molecule has 1 aromatic heterocycles. The Balaban J connectivity index is 1.38. The minimum absolute atomic E-state index is 0.0137. The second kappa shape index (κ2) is 11.6. The van der Waals surface area contributed by atoms with E-state index in [1.165, 1.54) is 16.4 Å². The zero-order chi connectivity index (χ0) is 26.5. The molecule has 0 amide bonds. The summed E-state index contributed by atoms with van der Waals surface area (Å²) in [5.74, 6) is -0.591. The van der Waals surface area contributed by atoms with Crippen molar-refractivity contribution < 1.29 is 17.9 Å². The number of halogens is 1. The van der Waals surface area contributed by atoms with E-state index in [1.54, 1.807) is 16.8 Å². The van der Waals surface area contributed by atoms with Gasteiger partial charge in [0.05, 0.1) is 21.8 Å². The predicted octanol–water partition coefficient (Wildman–Crippen LogP) is 6.22.